The van der Waals surface area contributed by atoms with Crippen molar-refractivity contribution in [2.75, 3.05) is 25.0 Å². The van der Waals surface area contributed by atoms with Gasteiger partial charge in [0.1, 0.15) is 0 Å². The molecule has 0 saturated heterocycles. The van der Waals surface area contributed by atoms with Gasteiger partial charge in [0, 0.05) is 30.8 Å². The van der Waals surface area contributed by atoms with E-state index in [1.807, 2.05) is 6.07 Å². The van der Waals surface area contributed by atoms with E-state index in [4.69, 9.17) is 11.6 Å². The van der Waals surface area contributed by atoms with Crippen LogP contribution in [-0.4, -0.2) is 20.1 Å². The largest absolute Gasteiger partial charge is 0.375 e. The van der Waals surface area contributed by atoms with Gasteiger partial charge in [-0.2, -0.15) is 0 Å². The highest BCUT2D eigenvalue weighted by Crippen LogP contribution is 2.23. The molecule has 1 aromatic rings. The van der Waals surface area contributed by atoms with Crippen LogP contribution in [0.5, 0.6) is 0 Å². The number of nitrogens with zero attached hydrogens (tertiary/aromatic N) is 1. The fraction of sp³-hybridized carbons (Fsp3) is 0.538. The van der Waals surface area contributed by atoms with Gasteiger partial charge in [0.15, 0.2) is 0 Å². The summed E-state index contributed by atoms with van der Waals surface area (Å²) >= 11 is 6.24. The molecule has 0 unspecified atom stereocenters. The highest BCUT2D eigenvalue weighted by molar-refractivity contribution is 6.31. The second-order valence-electron chi connectivity index (χ2n) is 3.98. The molecular weight excluding hydrogens is 220 g/mol. The summed E-state index contributed by atoms with van der Waals surface area (Å²) < 4.78 is 0. The predicted molar refractivity (Wildman–Crippen MR) is 72.4 cm³/mol. The van der Waals surface area contributed by atoms with Gasteiger partial charge in [0.05, 0.1) is 0 Å². The lowest BCUT2D eigenvalue weighted by Gasteiger charge is -2.19. The molecule has 0 aliphatic heterocycles. The molecule has 1 aromatic carbocycles. The molecule has 0 aliphatic carbocycles. The maximum Gasteiger partial charge on any atom is 0.0471 e. The SMILES string of the molecule is CCCN(C)c1ccc(CNCC)c(Cl)c1. The molecule has 0 amide bonds. The lowest BCUT2D eigenvalue weighted by Crippen LogP contribution is -2.18. The maximum absolute atomic E-state index is 6.24. The van der Waals surface area contributed by atoms with Crippen LogP contribution in [0.4, 0.5) is 5.69 Å². The average molecular weight is 241 g/mol. The Morgan fingerprint density at radius 3 is 2.62 bits per heavy atom. The quantitative estimate of drug-likeness (QED) is 0.821. The molecule has 0 bridgehead atoms. The van der Waals surface area contributed by atoms with E-state index in [0.29, 0.717) is 0 Å². The third kappa shape index (κ3) is 3.69. The maximum atomic E-state index is 6.24. The van der Waals surface area contributed by atoms with E-state index in [1.165, 1.54) is 5.69 Å². The van der Waals surface area contributed by atoms with Gasteiger partial charge < -0.3 is 10.2 Å². The Kier molecular flexibility index (Phi) is 5.64. The molecule has 0 aromatic heterocycles. The molecule has 1 rings (SSSR count). The highest BCUT2D eigenvalue weighted by atomic mass is 35.5. The number of nitrogens with one attached hydrogen (secondary N) is 1. The molecule has 0 saturated carbocycles. The van der Waals surface area contributed by atoms with Crippen LogP contribution in [0.25, 0.3) is 0 Å². The number of halogens is 1. The van der Waals surface area contributed by atoms with Gasteiger partial charge in [0.2, 0.25) is 0 Å². The Balaban J connectivity index is 2.73. The van der Waals surface area contributed by atoms with Crippen molar-refractivity contribution in [1.29, 1.82) is 0 Å². The van der Waals surface area contributed by atoms with Crippen molar-refractivity contribution >= 4 is 17.3 Å². The zero-order valence-corrected chi connectivity index (χ0v) is 11.1. The Labute approximate surface area is 104 Å². The molecule has 0 atom stereocenters. The van der Waals surface area contributed by atoms with Crippen molar-refractivity contribution in [3.05, 3.63) is 28.8 Å². The Bertz CT molecular complexity index is 326. The van der Waals surface area contributed by atoms with E-state index < -0.39 is 0 Å². The standard InChI is InChI=1S/C13H21ClN2/c1-4-8-16(3)12-7-6-11(10-15-5-2)13(14)9-12/h6-7,9,15H,4-5,8,10H2,1-3H3. The second-order valence-corrected chi connectivity index (χ2v) is 4.38. The molecule has 16 heavy (non-hydrogen) atoms. The number of anilines is 1. The van der Waals surface area contributed by atoms with E-state index in [0.717, 1.165) is 36.6 Å². The van der Waals surface area contributed by atoms with E-state index in [9.17, 15) is 0 Å². The first-order valence-corrected chi connectivity index (χ1v) is 6.27. The van der Waals surface area contributed by atoms with Crippen LogP contribution in [0, 0.1) is 0 Å². The van der Waals surface area contributed by atoms with E-state index in [2.05, 4.69) is 43.2 Å². The lowest BCUT2D eigenvalue weighted by molar-refractivity contribution is 0.727. The van der Waals surface area contributed by atoms with Crippen LogP contribution < -0.4 is 10.2 Å². The summed E-state index contributed by atoms with van der Waals surface area (Å²) in [6.07, 6.45) is 1.15. The molecule has 1 N–H and O–H groups in total. The van der Waals surface area contributed by atoms with E-state index in [1.54, 1.807) is 0 Å². The molecule has 0 heterocycles. The smallest absolute Gasteiger partial charge is 0.0471 e. The zero-order chi connectivity index (χ0) is 12.0. The van der Waals surface area contributed by atoms with Crippen molar-refractivity contribution in [2.45, 2.75) is 26.8 Å². The third-order valence-electron chi connectivity index (χ3n) is 2.60. The van der Waals surface area contributed by atoms with E-state index in [-0.39, 0.29) is 0 Å². The van der Waals surface area contributed by atoms with Crippen LogP contribution in [0.2, 0.25) is 5.02 Å². The fourth-order valence-corrected chi connectivity index (χ4v) is 1.88. The molecule has 0 fully saturated rings. The number of rotatable bonds is 6. The van der Waals surface area contributed by atoms with Gasteiger partial charge in [-0.25, -0.2) is 0 Å². The minimum Gasteiger partial charge on any atom is -0.375 e. The van der Waals surface area contributed by atoms with Gasteiger partial charge in [-0.15, -0.1) is 0 Å². The van der Waals surface area contributed by atoms with Crippen LogP contribution in [-0.2, 0) is 6.54 Å². The van der Waals surface area contributed by atoms with Crippen LogP contribution in [0.15, 0.2) is 18.2 Å². The number of hydrogen-bond acceptors (Lipinski definition) is 2. The molecule has 2 nitrogen and oxygen atoms in total. The second kappa shape index (κ2) is 6.77. The van der Waals surface area contributed by atoms with Crippen LogP contribution in [0.3, 0.4) is 0 Å². The summed E-state index contributed by atoms with van der Waals surface area (Å²) in [6.45, 7) is 7.14. The van der Waals surface area contributed by atoms with Gasteiger partial charge in [0.25, 0.3) is 0 Å². The summed E-state index contributed by atoms with van der Waals surface area (Å²) in [5, 5.41) is 4.13. The van der Waals surface area contributed by atoms with Crippen molar-refractivity contribution in [3.8, 4) is 0 Å². The van der Waals surface area contributed by atoms with Gasteiger partial charge in [-0.3, -0.25) is 0 Å². The minimum atomic E-state index is 0.840. The van der Waals surface area contributed by atoms with Crippen molar-refractivity contribution in [2.24, 2.45) is 0 Å². The molecule has 0 aliphatic rings. The molecule has 0 spiro atoms. The Hall–Kier alpha value is -0.730. The minimum absolute atomic E-state index is 0.840. The third-order valence-corrected chi connectivity index (χ3v) is 2.95. The summed E-state index contributed by atoms with van der Waals surface area (Å²) in [5.41, 5.74) is 2.35. The zero-order valence-electron chi connectivity index (χ0n) is 10.4. The summed E-state index contributed by atoms with van der Waals surface area (Å²) in [6, 6.07) is 6.28. The Morgan fingerprint density at radius 2 is 2.06 bits per heavy atom. The molecule has 0 radical (unpaired) electrons. The molecule has 90 valence electrons. The highest BCUT2D eigenvalue weighted by Gasteiger charge is 2.04. The monoisotopic (exact) mass is 240 g/mol. The lowest BCUT2D eigenvalue weighted by atomic mass is 10.2. The average Bonchev–Trinajstić information content (AvgIpc) is 2.27. The Morgan fingerprint density at radius 1 is 1.31 bits per heavy atom. The summed E-state index contributed by atoms with van der Waals surface area (Å²) in [4.78, 5) is 2.23. The van der Waals surface area contributed by atoms with Crippen molar-refractivity contribution in [3.63, 3.8) is 0 Å². The molecule has 3 heteroatoms. The van der Waals surface area contributed by atoms with Gasteiger partial charge in [-0.1, -0.05) is 31.5 Å². The van der Waals surface area contributed by atoms with Gasteiger partial charge in [-0.05, 0) is 30.7 Å². The summed E-state index contributed by atoms with van der Waals surface area (Å²) in [7, 11) is 2.10. The number of benzene rings is 1. The predicted octanol–water partition coefficient (Wildman–Crippen LogP) is 3.30. The van der Waals surface area contributed by atoms with Gasteiger partial charge >= 0.3 is 0 Å². The fourth-order valence-electron chi connectivity index (χ4n) is 1.64. The van der Waals surface area contributed by atoms with Crippen molar-refractivity contribution < 1.29 is 0 Å². The topological polar surface area (TPSA) is 15.3 Å². The normalized spacial score (nSPS) is 10.5. The molecular formula is C13H21ClN2. The van der Waals surface area contributed by atoms with Crippen LogP contribution >= 0.6 is 11.6 Å². The summed E-state index contributed by atoms with van der Waals surface area (Å²) in [5.74, 6) is 0. The first-order chi connectivity index (χ1) is 7.69. The number of hydrogen-bond donors (Lipinski definition) is 1. The first kappa shape index (κ1) is 13.3. The van der Waals surface area contributed by atoms with Crippen LogP contribution in [0.1, 0.15) is 25.8 Å². The van der Waals surface area contributed by atoms with Crippen molar-refractivity contribution in [1.82, 2.24) is 5.32 Å². The van der Waals surface area contributed by atoms with E-state index >= 15 is 0 Å². The first-order valence-electron chi connectivity index (χ1n) is 5.89.